The van der Waals surface area contributed by atoms with Crippen molar-refractivity contribution in [3.8, 4) is 5.75 Å². The van der Waals surface area contributed by atoms with E-state index in [1.165, 1.54) is 32.2 Å². The van der Waals surface area contributed by atoms with Gasteiger partial charge in [0.05, 0.1) is 5.69 Å². The van der Waals surface area contributed by atoms with Gasteiger partial charge in [0.25, 0.3) is 5.91 Å². The van der Waals surface area contributed by atoms with E-state index in [0.29, 0.717) is 12.1 Å². The monoisotopic (exact) mass is 406 g/mol. The molecule has 3 atom stereocenters. The minimum Gasteiger partial charge on any atom is -0.474 e. The van der Waals surface area contributed by atoms with E-state index in [4.69, 9.17) is 4.74 Å². The highest BCUT2D eigenvalue weighted by molar-refractivity contribution is 6.00. The minimum absolute atomic E-state index is 0.0400. The maximum absolute atomic E-state index is 13.3. The number of unbranched alkanes of at least 4 members (excludes halogenated alkanes) is 2. The van der Waals surface area contributed by atoms with Crippen molar-refractivity contribution >= 4 is 11.6 Å². The Balaban J connectivity index is 1.37. The van der Waals surface area contributed by atoms with Crippen LogP contribution in [0.2, 0.25) is 0 Å². The van der Waals surface area contributed by atoms with Gasteiger partial charge in [-0.15, -0.1) is 0 Å². The number of amides is 1. The quantitative estimate of drug-likeness (QED) is 0.562. The van der Waals surface area contributed by atoms with Crippen molar-refractivity contribution in [2.75, 3.05) is 18.0 Å². The number of hydrogen-bond donors (Lipinski definition) is 0. The van der Waals surface area contributed by atoms with Gasteiger partial charge in [-0.05, 0) is 58.2 Å². The van der Waals surface area contributed by atoms with Crippen LogP contribution in [0, 0.1) is 0 Å². The Kier molecular flexibility index (Phi) is 6.73. The first-order chi connectivity index (χ1) is 14.6. The van der Waals surface area contributed by atoms with Crippen LogP contribution >= 0.6 is 0 Å². The molecule has 30 heavy (non-hydrogen) atoms. The lowest BCUT2D eigenvalue weighted by Gasteiger charge is -2.39. The maximum atomic E-state index is 13.3. The number of carbonyl (C=O) groups is 1. The Bertz CT molecular complexity index is 828. The smallest absolute Gasteiger partial charge is 0.272 e. The van der Waals surface area contributed by atoms with Gasteiger partial charge in [-0.3, -0.25) is 9.69 Å². The predicted molar refractivity (Wildman–Crippen MR) is 122 cm³/mol. The summed E-state index contributed by atoms with van der Waals surface area (Å²) in [4.78, 5) is 17.9. The van der Waals surface area contributed by atoms with Crippen molar-refractivity contribution < 1.29 is 9.53 Å². The zero-order valence-corrected chi connectivity index (χ0v) is 18.3. The van der Waals surface area contributed by atoms with E-state index >= 15 is 0 Å². The highest BCUT2D eigenvalue weighted by Gasteiger charge is 2.35. The van der Waals surface area contributed by atoms with Crippen LogP contribution in [0.4, 0.5) is 5.69 Å². The third kappa shape index (κ3) is 4.54. The summed E-state index contributed by atoms with van der Waals surface area (Å²) >= 11 is 0. The van der Waals surface area contributed by atoms with Gasteiger partial charge in [0.2, 0.25) is 6.10 Å². The molecule has 1 amide bonds. The first kappa shape index (κ1) is 20.9. The Morgan fingerprint density at radius 1 is 0.867 bits per heavy atom. The van der Waals surface area contributed by atoms with Crippen LogP contribution in [0.3, 0.4) is 0 Å². The first-order valence-corrected chi connectivity index (χ1v) is 11.5. The van der Waals surface area contributed by atoms with Crippen LogP contribution in [0.1, 0.15) is 64.0 Å². The predicted octanol–water partition coefficient (Wildman–Crippen LogP) is 5.59. The van der Waals surface area contributed by atoms with Gasteiger partial charge in [0.1, 0.15) is 5.75 Å². The molecule has 1 unspecified atom stereocenters. The fraction of sp³-hybridized carbons (Fsp3) is 0.500. The van der Waals surface area contributed by atoms with E-state index in [0.717, 1.165) is 36.4 Å². The fourth-order valence-corrected chi connectivity index (χ4v) is 4.94. The highest BCUT2D eigenvalue weighted by Crippen LogP contribution is 2.38. The SMILES string of the molecule is C[C@@H]1CCC[C@H](C)N1CCCCCN1C(=O)C(c2ccccc2)Oc2ccccc21. The van der Waals surface area contributed by atoms with Gasteiger partial charge in [-0.25, -0.2) is 0 Å². The average Bonchev–Trinajstić information content (AvgIpc) is 2.77. The average molecular weight is 407 g/mol. The molecule has 4 rings (SSSR count). The molecule has 1 fully saturated rings. The molecule has 0 saturated carbocycles. The van der Waals surface area contributed by atoms with Gasteiger partial charge in [0, 0.05) is 24.2 Å². The van der Waals surface area contributed by atoms with E-state index in [1.807, 2.05) is 59.5 Å². The van der Waals surface area contributed by atoms with E-state index in [-0.39, 0.29) is 5.91 Å². The van der Waals surface area contributed by atoms with Crippen molar-refractivity contribution in [1.29, 1.82) is 0 Å². The highest BCUT2D eigenvalue weighted by atomic mass is 16.5. The third-order valence-electron chi connectivity index (χ3n) is 6.67. The summed E-state index contributed by atoms with van der Waals surface area (Å²) < 4.78 is 6.09. The summed E-state index contributed by atoms with van der Waals surface area (Å²) in [5.74, 6) is 0.833. The second-order valence-electron chi connectivity index (χ2n) is 8.79. The number of ether oxygens (including phenoxy) is 1. The molecule has 2 aromatic rings. The second-order valence-corrected chi connectivity index (χ2v) is 8.79. The summed E-state index contributed by atoms with van der Waals surface area (Å²) in [5.41, 5.74) is 1.81. The van der Waals surface area contributed by atoms with Crippen molar-refractivity contribution in [2.24, 2.45) is 0 Å². The largest absolute Gasteiger partial charge is 0.474 e. The van der Waals surface area contributed by atoms with E-state index < -0.39 is 6.10 Å². The molecule has 160 valence electrons. The lowest BCUT2D eigenvalue weighted by Crippen LogP contribution is -2.44. The number of anilines is 1. The number of piperidine rings is 1. The van der Waals surface area contributed by atoms with Gasteiger partial charge >= 0.3 is 0 Å². The molecule has 0 N–H and O–H groups in total. The van der Waals surface area contributed by atoms with Crippen LogP contribution in [-0.4, -0.2) is 36.0 Å². The Morgan fingerprint density at radius 3 is 2.30 bits per heavy atom. The van der Waals surface area contributed by atoms with E-state index in [9.17, 15) is 4.79 Å². The molecule has 2 aliphatic heterocycles. The lowest BCUT2D eigenvalue weighted by atomic mass is 9.97. The summed E-state index contributed by atoms with van der Waals surface area (Å²) in [6.45, 7) is 6.64. The molecular formula is C26H34N2O2. The van der Waals surface area contributed by atoms with Crippen molar-refractivity contribution in [2.45, 2.75) is 70.6 Å². The molecule has 0 bridgehead atoms. The lowest BCUT2D eigenvalue weighted by molar-refractivity contribution is -0.126. The van der Waals surface area contributed by atoms with Gasteiger partial charge in [0.15, 0.2) is 0 Å². The van der Waals surface area contributed by atoms with Crippen molar-refractivity contribution in [3.05, 3.63) is 60.2 Å². The van der Waals surface area contributed by atoms with Gasteiger partial charge in [-0.1, -0.05) is 55.3 Å². The van der Waals surface area contributed by atoms with Crippen molar-refractivity contribution in [1.82, 2.24) is 4.90 Å². The van der Waals surface area contributed by atoms with E-state index in [1.54, 1.807) is 0 Å². The molecule has 0 aliphatic carbocycles. The molecule has 2 aromatic carbocycles. The van der Waals surface area contributed by atoms with Crippen LogP contribution in [0.25, 0.3) is 0 Å². The van der Waals surface area contributed by atoms with Crippen LogP contribution in [0.15, 0.2) is 54.6 Å². The van der Waals surface area contributed by atoms with Crippen LogP contribution in [-0.2, 0) is 4.79 Å². The molecule has 1 saturated heterocycles. The van der Waals surface area contributed by atoms with Crippen LogP contribution < -0.4 is 9.64 Å². The topological polar surface area (TPSA) is 32.8 Å². The third-order valence-corrected chi connectivity index (χ3v) is 6.67. The number of para-hydroxylation sites is 2. The van der Waals surface area contributed by atoms with Crippen LogP contribution in [0.5, 0.6) is 5.75 Å². The first-order valence-electron chi connectivity index (χ1n) is 11.5. The Morgan fingerprint density at radius 2 is 1.53 bits per heavy atom. The normalized spacial score (nSPS) is 24.4. The standard InChI is InChI=1S/C26H34N2O2/c1-20-12-11-13-21(2)27(20)18-9-4-10-19-28-23-16-7-8-17-24(23)30-25(26(28)29)22-14-5-3-6-15-22/h3,5-8,14-17,20-21,25H,4,9-13,18-19H2,1-2H3/t20-,21+,25?. The number of hydrogen-bond acceptors (Lipinski definition) is 3. The number of nitrogens with zero attached hydrogens (tertiary/aromatic N) is 2. The number of benzene rings is 2. The molecular weight excluding hydrogens is 372 g/mol. The Hall–Kier alpha value is -2.33. The Labute approximate surface area is 180 Å². The zero-order valence-electron chi connectivity index (χ0n) is 18.3. The summed E-state index contributed by atoms with van der Waals surface area (Å²) in [5, 5.41) is 0. The molecule has 0 spiro atoms. The molecule has 2 aliphatic rings. The minimum atomic E-state index is -0.559. The zero-order chi connectivity index (χ0) is 20.9. The number of rotatable bonds is 7. The van der Waals surface area contributed by atoms with Gasteiger partial charge < -0.3 is 9.64 Å². The van der Waals surface area contributed by atoms with Gasteiger partial charge in [-0.2, -0.15) is 0 Å². The molecule has 0 aromatic heterocycles. The molecule has 2 heterocycles. The summed E-state index contributed by atoms with van der Waals surface area (Å²) in [6, 6.07) is 19.1. The maximum Gasteiger partial charge on any atom is 0.272 e. The summed E-state index contributed by atoms with van der Waals surface area (Å²) in [7, 11) is 0. The molecule has 4 heteroatoms. The number of fused-ring (bicyclic) bond motifs is 1. The molecule has 0 radical (unpaired) electrons. The fourth-order valence-electron chi connectivity index (χ4n) is 4.94. The molecule has 4 nitrogen and oxygen atoms in total. The second kappa shape index (κ2) is 9.65. The van der Waals surface area contributed by atoms with E-state index in [2.05, 4.69) is 18.7 Å². The number of carbonyl (C=O) groups excluding carboxylic acids is 1. The van der Waals surface area contributed by atoms with Crippen molar-refractivity contribution in [3.63, 3.8) is 0 Å². The summed E-state index contributed by atoms with van der Waals surface area (Å²) in [6.07, 6.45) is 6.79. The number of likely N-dealkylation sites (tertiary alicyclic amines) is 1.